The average molecular weight is 350 g/mol. The Bertz CT molecular complexity index is 457. The van der Waals surface area contributed by atoms with E-state index in [1.807, 2.05) is 0 Å². The number of benzene rings is 1. The number of carboxylic acids is 1. The molecule has 0 spiro atoms. The molecule has 1 rings (SSSR count). The molecule has 0 aliphatic heterocycles. The van der Waals surface area contributed by atoms with Gasteiger partial charge in [-0.25, -0.2) is 4.79 Å². The normalized spacial score (nSPS) is 10.6. The Kier molecular flexibility index (Phi) is 4.26. The Hall–Kier alpha value is -1.14. The number of halogens is 2. The summed E-state index contributed by atoms with van der Waals surface area (Å²) in [5.74, 6) is -1.66. The number of carboxylic acid groups (broad SMARTS) is 1. The molecule has 1 aromatic rings. The van der Waals surface area contributed by atoms with Gasteiger partial charge in [-0.15, -0.1) is 0 Å². The fraction of sp³-hybridized carbons (Fsp3) is 0. The lowest BCUT2D eigenvalue weighted by Gasteiger charge is -2.02. The van der Waals surface area contributed by atoms with E-state index in [-0.39, 0.29) is 11.3 Å². The number of aromatic hydroxyl groups is 1. The van der Waals surface area contributed by atoms with Crippen molar-refractivity contribution in [2.45, 2.75) is 0 Å². The molecule has 0 aliphatic rings. The highest BCUT2D eigenvalue weighted by Gasteiger charge is 2.09. The summed E-state index contributed by atoms with van der Waals surface area (Å²) in [5.41, 5.74) is 0.272. The average Bonchev–Trinajstić information content (AvgIpc) is 2.21. The second-order valence-corrected chi connectivity index (χ2v) is 4.53. The van der Waals surface area contributed by atoms with Crippen molar-refractivity contribution in [3.05, 3.63) is 38.8 Å². The van der Waals surface area contributed by atoms with Gasteiger partial charge in [0.2, 0.25) is 0 Å². The fourth-order valence-electron chi connectivity index (χ4n) is 0.951. The molecule has 0 saturated carbocycles. The van der Waals surface area contributed by atoms with Crippen molar-refractivity contribution in [1.82, 2.24) is 0 Å². The highest BCUT2D eigenvalue weighted by molar-refractivity contribution is 9.11. The zero-order chi connectivity index (χ0) is 12.3. The Morgan fingerprint density at radius 2 is 1.62 bits per heavy atom. The molecular weight excluding hydrogens is 344 g/mol. The first-order chi connectivity index (χ1) is 7.41. The summed E-state index contributed by atoms with van der Waals surface area (Å²) in [4.78, 5) is 21.7. The van der Waals surface area contributed by atoms with E-state index < -0.39 is 11.8 Å². The van der Waals surface area contributed by atoms with E-state index in [0.717, 1.165) is 12.2 Å². The zero-order valence-electron chi connectivity index (χ0n) is 7.78. The van der Waals surface area contributed by atoms with E-state index in [9.17, 15) is 14.7 Å². The largest absolute Gasteiger partial charge is 0.506 e. The summed E-state index contributed by atoms with van der Waals surface area (Å²) in [6.45, 7) is 0. The number of aliphatic carboxylic acids is 1. The SMILES string of the molecule is O=C(O)C=CC(=O)c1cc(Br)c(O)c(Br)c1. The minimum atomic E-state index is -1.19. The molecule has 0 heterocycles. The monoisotopic (exact) mass is 348 g/mol. The van der Waals surface area contributed by atoms with Gasteiger partial charge in [0, 0.05) is 11.6 Å². The van der Waals surface area contributed by atoms with Gasteiger partial charge in [-0.2, -0.15) is 0 Å². The molecule has 6 heteroatoms. The highest BCUT2D eigenvalue weighted by Crippen LogP contribution is 2.33. The molecular formula is C10H6Br2O4. The Morgan fingerprint density at radius 3 is 2.06 bits per heavy atom. The maximum atomic E-state index is 11.5. The summed E-state index contributed by atoms with van der Waals surface area (Å²) in [7, 11) is 0. The van der Waals surface area contributed by atoms with Gasteiger partial charge in [0.25, 0.3) is 0 Å². The molecule has 1 aromatic carbocycles. The van der Waals surface area contributed by atoms with Crippen LogP contribution < -0.4 is 0 Å². The van der Waals surface area contributed by atoms with Crippen molar-refractivity contribution in [2.75, 3.05) is 0 Å². The first-order valence-electron chi connectivity index (χ1n) is 4.05. The summed E-state index contributed by atoms with van der Waals surface area (Å²) < 4.78 is 0.711. The van der Waals surface area contributed by atoms with Crippen LogP contribution in [0.2, 0.25) is 0 Å². The van der Waals surface area contributed by atoms with Crippen LogP contribution in [0.4, 0.5) is 0 Å². The molecule has 0 atom stereocenters. The van der Waals surface area contributed by atoms with Gasteiger partial charge in [0.15, 0.2) is 5.78 Å². The predicted octanol–water partition coefficient (Wildman–Crippen LogP) is 2.74. The Labute approximate surface area is 108 Å². The lowest BCUT2D eigenvalue weighted by atomic mass is 10.1. The number of allylic oxidation sites excluding steroid dienone is 1. The number of ketones is 1. The maximum absolute atomic E-state index is 11.5. The number of hydrogen-bond donors (Lipinski definition) is 2. The molecule has 0 aliphatic carbocycles. The molecule has 0 bridgehead atoms. The molecule has 0 aromatic heterocycles. The fourth-order valence-corrected chi connectivity index (χ4v) is 2.14. The summed E-state index contributed by atoms with van der Waals surface area (Å²) >= 11 is 6.15. The van der Waals surface area contributed by atoms with E-state index in [1.165, 1.54) is 12.1 Å². The van der Waals surface area contributed by atoms with Gasteiger partial charge in [0.05, 0.1) is 8.95 Å². The van der Waals surface area contributed by atoms with Gasteiger partial charge in [0.1, 0.15) is 5.75 Å². The molecule has 4 nitrogen and oxygen atoms in total. The van der Waals surface area contributed by atoms with Gasteiger partial charge >= 0.3 is 5.97 Å². The van der Waals surface area contributed by atoms with E-state index in [2.05, 4.69) is 31.9 Å². The highest BCUT2D eigenvalue weighted by atomic mass is 79.9. The molecule has 0 radical (unpaired) electrons. The first-order valence-corrected chi connectivity index (χ1v) is 5.63. The van der Waals surface area contributed by atoms with Gasteiger partial charge in [-0.05, 0) is 50.1 Å². The van der Waals surface area contributed by atoms with Crippen molar-refractivity contribution in [2.24, 2.45) is 0 Å². The molecule has 0 amide bonds. The molecule has 0 unspecified atom stereocenters. The van der Waals surface area contributed by atoms with E-state index in [4.69, 9.17) is 5.11 Å². The van der Waals surface area contributed by atoms with Crippen LogP contribution in [-0.2, 0) is 4.79 Å². The van der Waals surface area contributed by atoms with Crippen LogP contribution in [0.25, 0.3) is 0 Å². The summed E-state index contributed by atoms with van der Waals surface area (Å²) in [6, 6.07) is 2.82. The Balaban J connectivity index is 3.06. The molecule has 84 valence electrons. The van der Waals surface area contributed by atoms with Crippen molar-refractivity contribution in [3.8, 4) is 5.75 Å². The minimum absolute atomic E-state index is 0.0150. The van der Waals surface area contributed by atoms with E-state index >= 15 is 0 Å². The molecule has 16 heavy (non-hydrogen) atoms. The third-order valence-corrected chi connectivity index (χ3v) is 2.89. The van der Waals surface area contributed by atoms with Crippen LogP contribution in [0, 0.1) is 0 Å². The topological polar surface area (TPSA) is 74.6 Å². The summed E-state index contributed by atoms with van der Waals surface area (Å²) in [6.07, 6.45) is 1.71. The second-order valence-electron chi connectivity index (χ2n) is 2.82. The molecule has 0 saturated heterocycles. The van der Waals surface area contributed by atoms with Crippen LogP contribution in [0.1, 0.15) is 10.4 Å². The van der Waals surface area contributed by atoms with Crippen molar-refractivity contribution in [1.29, 1.82) is 0 Å². The minimum Gasteiger partial charge on any atom is -0.506 e. The van der Waals surface area contributed by atoms with Crippen LogP contribution in [0.5, 0.6) is 5.75 Å². The number of rotatable bonds is 3. The third-order valence-electron chi connectivity index (χ3n) is 1.68. The number of phenols is 1. The maximum Gasteiger partial charge on any atom is 0.328 e. The quantitative estimate of drug-likeness (QED) is 0.650. The van der Waals surface area contributed by atoms with E-state index in [0.29, 0.717) is 8.95 Å². The third kappa shape index (κ3) is 3.18. The van der Waals surface area contributed by atoms with Crippen molar-refractivity contribution >= 4 is 43.6 Å². The molecule has 0 fully saturated rings. The number of hydrogen-bond acceptors (Lipinski definition) is 3. The van der Waals surface area contributed by atoms with Crippen LogP contribution in [-0.4, -0.2) is 22.0 Å². The van der Waals surface area contributed by atoms with Gasteiger partial charge in [-0.1, -0.05) is 0 Å². The van der Waals surface area contributed by atoms with Gasteiger partial charge < -0.3 is 10.2 Å². The lowest BCUT2D eigenvalue weighted by molar-refractivity contribution is -0.131. The van der Waals surface area contributed by atoms with Crippen molar-refractivity contribution in [3.63, 3.8) is 0 Å². The number of carbonyl (C=O) groups excluding carboxylic acids is 1. The van der Waals surface area contributed by atoms with Crippen LogP contribution >= 0.6 is 31.9 Å². The van der Waals surface area contributed by atoms with E-state index in [1.54, 1.807) is 0 Å². The first kappa shape index (κ1) is 12.9. The second kappa shape index (κ2) is 5.27. The standard InChI is InChI=1S/C10H6Br2O4/c11-6-3-5(4-7(12)10(6)16)8(13)1-2-9(14)15/h1-4,16H,(H,14,15). The number of carbonyl (C=O) groups is 2. The Morgan fingerprint density at radius 1 is 1.12 bits per heavy atom. The molecule has 2 N–H and O–H groups in total. The lowest BCUT2D eigenvalue weighted by Crippen LogP contribution is -1.97. The zero-order valence-corrected chi connectivity index (χ0v) is 10.9. The van der Waals surface area contributed by atoms with Gasteiger partial charge in [-0.3, -0.25) is 4.79 Å². The van der Waals surface area contributed by atoms with Crippen molar-refractivity contribution < 1.29 is 19.8 Å². The van der Waals surface area contributed by atoms with Crippen LogP contribution in [0.3, 0.4) is 0 Å². The predicted molar refractivity (Wildman–Crippen MR) is 64.6 cm³/mol. The van der Waals surface area contributed by atoms with Crippen LogP contribution in [0.15, 0.2) is 33.2 Å². The smallest absolute Gasteiger partial charge is 0.328 e. The summed E-state index contributed by atoms with van der Waals surface area (Å²) in [5, 5.41) is 17.8. The number of phenolic OH excluding ortho intramolecular Hbond substituents is 1.